The van der Waals surface area contributed by atoms with Gasteiger partial charge in [-0.2, -0.15) is 0 Å². The highest BCUT2D eigenvalue weighted by Gasteiger charge is 2.24. The Hall–Kier alpha value is -2.14. The monoisotopic (exact) mass is 355 g/mol. The van der Waals surface area contributed by atoms with Crippen molar-refractivity contribution in [1.82, 2.24) is 14.7 Å². The van der Waals surface area contributed by atoms with Gasteiger partial charge < -0.3 is 14.7 Å². The van der Waals surface area contributed by atoms with E-state index in [9.17, 15) is 9.59 Å². The van der Waals surface area contributed by atoms with Crippen molar-refractivity contribution in [2.45, 2.75) is 26.2 Å². The highest BCUT2D eigenvalue weighted by molar-refractivity contribution is 5.95. The third-order valence-electron chi connectivity index (χ3n) is 5.35. The topological polar surface area (TPSA) is 43.9 Å². The van der Waals surface area contributed by atoms with Crippen molar-refractivity contribution in [3.8, 4) is 0 Å². The van der Waals surface area contributed by atoms with Gasteiger partial charge in [-0.15, -0.1) is 0 Å². The number of benzene rings is 1. The Bertz CT molecular complexity index is 642. The van der Waals surface area contributed by atoms with Gasteiger partial charge in [0, 0.05) is 45.2 Å². The number of allylic oxidation sites excluding steroid dienone is 1. The van der Waals surface area contributed by atoms with E-state index in [1.165, 1.54) is 12.8 Å². The number of rotatable bonds is 5. The first-order valence-electron chi connectivity index (χ1n) is 9.66. The van der Waals surface area contributed by atoms with Crippen LogP contribution in [0.25, 0.3) is 5.57 Å². The summed E-state index contributed by atoms with van der Waals surface area (Å²) in [4.78, 5) is 31.0. The molecule has 2 aliphatic rings. The lowest BCUT2D eigenvalue weighted by atomic mass is 10.1. The van der Waals surface area contributed by atoms with Crippen molar-refractivity contribution in [2.75, 3.05) is 45.8 Å². The highest BCUT2D eigenvalue weighted by Crippen LogP contribution is 2.14. The van der Waals surface area contributed by atoms with Crippen LogP contribution in [0.1, 0.15) is 31.7 Å². The molecule has 2 aliphatic heterocycles. The number of nitrogens with zero attached hydrogens (tertiary/aromatic N) is 3. The van der Waals surface area contributed by atoms with Gasteiger partial charge in [-0.05, 0) is 44.0 Å². The van der Waals surface area contributed by atoms with Gasteiger partial charge in [-0.25, -0.2) is 0 Å². The predicted molar refractivity (Wildman–Crippen MR) is 104 cm³/mol. The molecule has 2 fully saturated rings. The third kappa shape index (κ3) is 4.94. The van der Waals surface area contributed by atoms with E-state index in [1.807, 2.05) is 47.1 Å². The Morgan fingerprint density at radius 2 is 1.54 bits per heavy atom. The van der Waals surface area contributed by atoms with Crippen LogP contribution >= 0.6 is 0 Å². The summed E-state index contributed by atoms with van der Waals surface area (Å²) in [6, 6.07) is 9.94. The van der Waals surface area contributed by atoms with Crippen LogP contribution in [0.5, 0.6) is 0 Å². The largest absolute Gasteiger partial charge is 0.339 e. The molecule has 2 saturated heterocycles. The van der Waals surface area contributed by atoms with E-state index in [-0.39, 0.29) is 11.8 Å². The van der Waals surface area contributed by atoms with Crippen molar-refractivity contribution in [2.24, 2.45) is 0 Å². The van der Waals surface area contributed by atoms with Gasteiger partial charge in [0.05, 0.1) is 0 Å². The molecule has 2 amide bonds. The van der Waals surface area contributed by atoms with Crippen LogP contribution in [0.3, 0.4) is 0 Å². The van der Waals surface area contributed by atoms with Gasteiger partial charge in [0.25, 0.3) is 0 Å². The second-order valence-corrected chi connectivity index (χ2v) is 7.20. The Labute approximate surface area is 156 Å². The van der Waals surface area contributed by atoms with Crippen molar-refractivity contribution in [1.29, 1.82) is 0 Å². The zero-order valence-corrected chi connectivity index (χ0v) is 15.7. The van der Waals surface area contributed by atoms with Gasteiger partial charge in [-0.1, -0.05) is 30.3 Å². The van der Waals surface area contributed by atoms with Crippen LogP contribution in [0.2, 0.25) is 0 Å². The molecular weight excluding hydrogens is 326 g/mol. The standard InChI is InChI=1S/C21H29N3O2/c1-18(19-7-3-2-4-8-19)17-21(26)24-15-13-23(14-16-24)20(25)9-12-22-10-5-6-11-22/h2-4,7-8,17H,5-6,9-16H2,1H3/b18-17+. The van der Waals surface area contributed by atoms with E-state index in [1.54, 1.807) is 6.08 Å². The molecule has 0 aromatic heterocycles. The van der Waals surface area contributed by atoms with Crippen LogP contribution in [-0.2, 0) is 9.59 Å². The predicted octanol–water partition coefficient (Wildman–Crippen LogP) is 2.25. The van der Waals surface area contributed by atoms with E-state index in [2.05, 4.69) is 4.90 Å². The summed E-state index contributed by atoms with van der Waals surface area (Å²) in [5, 5.41) is 0. The first-order valence-corrected chi connectivity index (χ1v) is 9.66. The second kappa shape index (κ2) is 8.99. The Kier molecular flexibility index (Phi) is 6.45. The number of likely N-dealkylation sites (tertiary alicyclic amines) is 1. The van der Waals surface area contributed by atoms with Crippen molar-refractivity contribution in [3.63, 3.8) is 0 Å². The molecule has 1 aromatic carbocycles. The number of amides is 2. The fraction of sp³-hybridized carbons (Fsp3) is 0.524. The molecule has 0 unspecified atom stereocenters. The van der Waals surface area contributed by atoms with E-state index in [0.717, 1.165) is 30.8 Å². The summed E-state index contributed by atoms with van der Waals surface area (Å²) >= 11 is 0. The van der Waals surface area contributed by atoms with E-state index >= 15 is 0 Å². The molecule has 0 atom stereocenters. The van der Waals surface area contributed by atoms with Crippen LogP contribution in [-0.4, -0.2) is 72.3 Å². The number of hydrogen-bond donors (Lipinski definition) is 0. The van der Waals surface area contributed by atoms with Crippen LogP contribution in [0.4, 0.5) is 0 Å². The molecule has 3 rings (SSSR count). The lowest BCUT2D eigenvalue weighted by Crippen LogP contribution is -2.50. The van der Waals surface area contributed by atoms with Gasteiger partial charge in [0.1, 0.15) is 0 Å². The average molecular weight is 355 g/mol. The summed E-state index contributed by atoms with van der Waals surface area (Å²) in [5.74, 6) is 0.260. The van der Waals surface area contributed by atoms with Crippen LogP contribution in [0, 0.1) is 0 Å². The average Bonchev–Trinajstić information content (AvgIpc) is 3.20. The third-order valence-corrected chi connectivity index (χ3v) is 5.35. The molecule has 5 heteroatoms. The Balaban J connectivity index is 1.45. The maximum Gasteiger partial charge on any atom is 0.246 e. The van der Waals surface area contributed by atoms with Crippen LogP contribution in [0.15, 0.2) is 36.4 Å². The first-order chi connectivity index (χ1) is 12.6. The zero-order valence-electron chi connectivity index (χ0n) is 15.7. The lowest BCUT2D eigenvalue weighted by Gasteiger charge is -2.34. The number of hydrogen-bond acceptors (Lipinski definition) is 3. The SMILES string of the molecule is C/C(=C\C(=O)N1CCN(C(=O)CCN2CCCC2)CC1)c1ccccc1. The molecule has 26 heavy (non-hydrogen) atoms. The minimum atomic E-state index is 0.0375. The Morgan fingerprint density at radius 3 is 2.19 bits per heavy atom. The quantitative estimate of drug-likeness (QED) is 0.761. The molecule has 5 nitrogen and oxygen atoms in total. The molecule has 2 heterocycles. The summed E-state index contributed by atoms with van der Waals surface area (Å²) in [5.41, 5.74) is 2.04. The summed E-state index contributed by atoms with van der Waals surface area (Å²) < 4.78 is 0. The molecule has 0 spiro atoms. The summed E-state index contributed by atoms with van der Waals surface area (Å²) in [6.07, 6.45) is 4.82. The van der Waals surface area contributed by atoms with Crippen molar-refractivity contribution in [3.05, 3.63) is 42.0 Å². The van der Waals surface area contributed by atoms with Gasteiger partial charge in [-0.3, -0.25) is 9.59 Å². The molecule has 1 aromatic rings. The highest BCUT2D eigenvalue weighted by atomic mass is 16.2. The van der Waals surface area contributed by atoms with E-state index in [0.29, 0.717) is 32.6 Å². The first kappa shape index (κ1) is 18.6. The molecule has 0 radical (unpaired) electrons. The van der Waals surface area contributed by atoms with Gasteiger partial charge in [0.2, 0.25) is 11.8 Å². The fourth-order valence-corrected chi connectivity index (χ4v) is 3.66. The minimum absolute atomic E-state index is 0.0375. The molecule has 0 aliphatic carbocycles. The normalized spacial score (nSPS) is 19.0. The zero-order chi connectivity index (χ0) is 18.4. The number of piperazine rings is 1. The molecule has 0 bridgehead atoms. The fourth-order valence-electron chi connectivity index (χ4n) is 3.66. The maximum absolute atomic E-state index is 12.5. The van der Waals surface area contributed by atoms with Crippen molar-refractivity contribution < 1.29 is 9.59 Å². The summed E-state index contributed by atoms with van der Waals surface area (Å²) in [6.45, 7) is 7.61. The number of carbonyl (C=O) groups is 2. The smallest absolute Gasteiger partial charge is 0.246 e. The summed E-state index contributed by atoms with van der Waals surface area (Å²) in [7, 11) is 0. The lowest BCUT2D eigenvalue weighted by molar-refractivity contribution is -0.137. The minimum Gasteiger partial charge on any atom is -0.339 e. The molecule has 140 valence electrons. The molecule has 0 N–H and O–H groups in total. The number of carbonyl (C=O) groups excluding carboxylic acids is 2. The van der Waals surface area contributed by atoms with E-state index < -0.39 is 0 Å². The van der Waals surface area contributed by atoms with E-state index in [4.69, 9.17) is 0 Å². The molecule has 0 saturated carbocycles. The van der Waals surface area contributed by atoms with Crippen molar-refractivity contribution >= 4 is 17.4 Å². The van der Waals surface area contributed by atoms with Gasteiger partial charge >= 0.3 is 0 Å². The van der Waals surface area contributed by atoms with Gasteiger partial charge in [0.15, 0.2) is 0 Å². The maximum atomic E-state index is 12.5. The second-order valence-electron chi connectivity index (χ2n) is 7.20. The van der Waals surface area contributed by atoms with Crippen LogP contribution < -0.4 is 0 Å². The molecular formula is C21H29N3O2. The Morgan fingerprint density at radius 1 is 0.923 bits per heavy atom.